The molecular formula is C25H48O5. The number of aliphatic hydroxyl groups is 3. The fourth-order valence-electron chi connectivity index (χ4n) is 3.80. The maximum absolute atomic E-state index is 12.4. The molecule has 2 atom stereocenters. The zero-order valence-corrected chi connectivity index (χ0v) is 19.7. The molecule has 0 aromatic heterocycles. The Labute approximate surface area is 184 Å². The van der Waals surface area contributed by atoms with Gasteiger partial charge in [0, 0.05) is 12.8 Å². The highest BCUT2D eigenvalue weighted by Gasteiger charge is 2.45. The van der Waals surface area contributed by atoms with Crippen molar-refractivity contribution in [1.29, 1.82) is 0 Å². The summed E-state index contributed by atoms with van der Waals surface area (Å²) in [5, 5.41) is 30.0. The van der Waals surface area contributed by atoms with Crippen LogP contribution in [0.25, 0.3) is 0 Å². The van der Waals surface area contributed by atoms with Crippen molar-refractivity contribution >= 4 is 11.6 Å². The minimum atomic E-state index is -2.36. The molecule has 0 aliphatic carbocycles. The highest BCUT2D eigenvalue weighted by Crippen LogP contribution is 2.20. The van der Waals surface area contributed by atoms with Crippen LogP contribution in [-0.2, 0) is 9.59 Å². The van der Waals surface area contributed by atoms with Gasteiger partial charge in [-0.2, -0.15) is 0 Å². The first-order valence-corrected chi connectivity index (χ1v) is 12.5. The normalized spacial score (nSPS) is 14.4. The summed E-state index contributed by atoms with van der Waals surface area (Å²) in [5.41, 5.74) is -2.36. The van der Waals surface area contributed by atoms with Crippen LogP contribution < -0.4 is 0 Å². The van der Waals surface area contributed by atoms with Gasteiger partial charge < -0.3 is 15.3 Å². The second-order valence-corrected chi connectivity index (χ2v) is 8.82. The summed E-state index contributed by atoms with van der Waals surface area (Å²) in [5.74, 6) is -1.21. The van der Waals surface area contributed by atoms with Gasteiger partial charge in [0.25, 0.3) is 0 Å². The highest BCUT2D eigenvalue weighted by molar-refractivity contribution is 5.96. The summed E-state index contributed by atoms with van der Waals surface area (Å²) < 4.78 is 0. The second kappa shape index (κ2) is 18.9. The van der Waals surface area contributed by atoms with Crippen molar-refractivity contribution in [3.63, 3.8) is 0 Å². The van der Waals surface area contributed by atoms with Crippen LogP contribution in [0.3, 0.4) is 0 Å². The Balaban J connectivity index is 3.90. The van der Waals surface area contributed by atoms with Gasteiger partial charge in [-0.1, -0.05) is 104 Å². The van der Waals surface area contributed by atoms with Crippen LogP contribution in [0.2, 0.25) is 0 Å². The molecular weight excluding hydrogens is 380 g/mol. The summed E-state index contributed by atoms with van der Waals surface area (Å²) in [6, 6.07) is 0. The molecule has 0 radical (unpaired) electrons. The minimum Gasteiger partial charge on any atom is -0.393 e. The molecule has 0 saturated carbocycles. The van der Waals surface area contributed by atoms with E-state index in [1.165, 1.54) is 57.8 Å². The lowest BCUT2D eigenvalue weighted by molar-refractivity contribution is -0.165. The van der Waals surface area contributed by atoms with Crippen LogP contribution in [-0.4, -0.2) is 45.2 Å². The molecule has 2 unspecified atom stereocenters. The molecule has 0 rings (SSSR count). The summed E-state index contributed by atoms with van der Waals surface area (Å²) in [4.78, 5) is 24.4. The molecule has 30 heavy (non-hydrogen) atoms. The zero-order valence-electron chi connectivity index (χ0n) is 19.7. The second-order valence-electron chi connectivity index (χ2n) is 8.82. The maximum Gasteiger partial charge on any atom is 0.178 e. The van der Waals surface area contributed by atoms with Gasteiger partial charge in [-0.05, 0) is 12.8 Å². The Morgan fingerprint density at radius 3 is 1.47 bits per heavy atom. The van der Waals surface area contributed by atoms with Crippen LogP contribution in [0.4, 0.5) is 0 Å². The molecule has 3 N–H and O–H groups in total. The Morgan fingerprint density at radius 1 is 0.667 bits per heavy atom. The summed E-state index contributed by atoms with van der Waals surface area (Å²) in [6.07, 6.45) is 16.3. The van der Waals surface area contributed by atoms with Crippen molar-refractivity contribution in [1.82, 2.24) is 0 Å². The summed E-state index contributed by atoms with van der Waals surface area (Å²) >= 11 is 0. The lowest BCUT2D eigenvalue weighted by Crippen LogP contribution is -2.55. The Kier molecular flexibility index (Phi) is 18.5. The van der Waals surface area contributed by atoms with E-state index in [0.29, 0.717) is 12.8 Å². The number of carbonyl (C=O) groups is 2. The van der Waals surface area contributed by atoms with Crippen LogP contribution in [0.1, 0.15) is 129 Å². The molecule has 0 aromatic carbocycles. The first-order valence-electron chi connectivity index (χ1n) is 12.5. The Bertz CT molecular complexity index is 437. The van der Waals surface area contributed by atoms with Gasteiger partial charge in [0.15, 0.2) is 23.3 Å². The number of carbonyl (C=O) groups excluding carboxylic acids is 2. The standard InChI is InChI=1S/C25H48O5/c1-3-5-7-8-9-10-11-12-13-14-15-16-18-20-23(28)25(30,21-26)24(29)22(27)19-17-6-4-2/h24,26,29-30H,3-21H2,1-2H3. The van der Waals surface area contributed by atoms with Crippen LogP contribution in [0.5, 0.6) is 0 Å². The molecule has 0 amide bonds. The molecule has 0 saturated heterocycles. The molecule has 0 aliphatic rings. The van der Waals surface area contributed by atoms with Crippen molar-refractivity contribution in [2.75, 3.05) is 6.61 Å². The number of ketones is 2. The van der Waals surface area contributed by atoms with Crippen molar-refractivity contribution < 1.29 is 24.9 Å². The van der Waals surface area contributed by atoms with Crippen LogP contribution in [0, 0.1) is 0 Å². The number of hydrogen-bond donors (Lipinski definition) is 3. The van der Waals surface area contributed by atoms with Gasteiger partial charge in [-0.3, -0.25) is 9.59 Å². The van der Waals surface area contributed by atoms with E-state index < -0.39 is 29.9 Å². The molecule has 0 bridgehead atoms. The predicted molar refractivity (Wildman–Crippen MR) is 123 cm³/mol. The van der Waals surface area contributed by atoms with Gasteiger partial charge in [0.1, 0.15) is 0 Å². The molecule has 0 aliphatic heterocycles. The van der Waals surface area contributed by atoms with Gasteiger partial charge in [-0.15, -0.1) is 0 Å². The smallest absolute Gasteiger partial charge is 0.178 e. The quantitative estimate of drug-likeness (QED) is 0.204. The van der Waals surface area contributed by atoms with Gasteiger partial charge in [-0.25, -0.2) is 0 Å². The van der Waals surface area contributed by atoms with Gasteiger partial charge >= 0.3 is 0 Å². The summed E-state index contributed by atoms with van der Waals surface area (Å²) in [6.45, 7) is 3.32. The predicted octanol–water partition coefficient (Wildman–Crippen LogP) is 5.27. The van der Waals surface area contributed by atoms with E-state index >= 15 is 0 Å². The average molecular weight is 429 g/mol. The van der Waals surface area contributed by atoms with Crippen molar-refractivity contribution in [2.24, 2.45) is 0 Å². The fourth-order valence-corrected chi connectivity index (χ4v) is 3.80. The zero-order chi connectivity index (χ0) is 22.7. The third-order valence-electron chi connectivity index (χ3n) is 6.02. The molecule has 0 heterocycles. The van der Waals surface area contributed by atoms with E-state index in [0.717, 1.165) is 32.1 Å². The summed E-state index contributed by atoms with van der Waals surface area (Å²) in [7, 11) is 0. The monoisotopic (exact) mass is 428 g/mol. The Morgan fingerprint density at radius 2 is 1.03 bits per heavy atom. The third kappa shape index (κ3) is 12.8. The number of rotatable bonds is 22. The number of aliphatic hydroxyl groups excluding tert-OH is 2. The average Bonchev–Trinajstić information content (AvgIpc) is 2.75. The molecule has 0 fully saturated rings. The van der Waals surface area contributed by atoms with E-state index in [1.807, 2.05) is 6.92 Å². The molecule has 178 valence electrons. The van der Waals surface area contributed by atoms with Crippen LogP contribution >= 0.6 is 0 Å². The SMILES string of the molecule is CCCCCCCCCCCCCCCC(=O)C(O)(CO)C(O)C(=O)CCCCC. The minimum absolute atomic E-state index is 0.0775. The Hall–Kier alpha value is -0.780. The molecule has 5 nitrogen and oxygen atoms in total. The number of unbranched alkanes of at least 4 members (excludes halogenated alkanes) is 14. The van der Waals surface area contributed by atoms with Crippen molar-refractivity contribution in [3.05, 3.63) is 0 Å². The van der Waals surface area contributed by atoms with Crippen molar-refractivity contribution in [2.45, 2.75) is 141 Å². The van der Waals surface area contributed by atoms with E-state index in [4.69, 9.17) is 0 Å². The number of Topliss-reactive ketones (excluding diaryl/α,β-unsaturated/α-hetero) is 2. The van der Waals surface area contributed by atoms with E-state index in [2.05, 4.69) is 6.92 Å². The van der Waals surface area contributed by atoms with E-state index in [-0.39, 0.29) is 12.8 Å². The topological polar surface area (TPSA) is 94.8 Å². The van der Waals surface area contributed by atoms with Gasteiger partial charge in [0.2, 0.25) is 0 Å². The molecule has 0 aromatic rings. The van der Waals surface area contributed by atoms with E-state index in [9.17, 15) is 24.9 Å². The third-order valence-corrected chi connectivity index (χ3v) is 6.02. The maximum atomic E-state index is 12.4. The lowest BCUT2D eigenvalue weighted by Gasteiger charge is -2.28. The fraction of sp³-hybridized carbons (Fsp3) is 0.920. The first kappa shape index (κ1) is 29.2. The van der Waals surface area contributed by atoms with Crippen molar-refractivity contribution in [3.8, 4) is 0 Å². The van der Waals surface area contributed by atoms with Crippen LogP contribution in [0.15, 0.2) is 0 Å². The molecule has 0 spiro atoms. The van der Waals surface area contributed by atoms with E-state index in [1.54, 1.807) is 0 Å². The largest absolute Gasteiger partial charge is 0.393 e. The highest BCUT2D eigenvalue weighted by atomic mass is 16.4. The lowest BCUT2D eigenvalue weighted by atomic mass is 9.86. The first-order chi connectivity index (χ1) is 14.4. The van der Waals surface area contributed by atoms with Gasteiger partial charge in [0.05, 0.1) is 6.61 Å². The number of hydrogen-bond acceptors (Lipinski definition) is 5. The molecule has 5 heteroatoms.